The maximum atomic E-state index is 10.8. The van der Waals surface area contributed by atoms with Crippen molar-refractivity contribution < 1.29 is 18.3 Å². The van der Waals surface area contributed by atoms with E-state index in [0.717, 1.165) is 11.1 Å². The van der Waals surface area contributed by atoms with E-state index in [1.54, 1.807) is 12.1 Å². The Balaban J connectivity index is 2.26. The third-order valence-corrected chi connectivity index (χ3v) is 3.59. The minimum atomic E-state index is -2.71. The van der Waals surface area contributed by atoms with Gasteiger partial charge in [-0.2, -0.15) is 8.42 Å². The van der Waals surface area contributed by atoms with Gasteiger partial charge >= 0.3 is 5.97 Å². The highest BCUT2D eigenvalue weighted by atomic mass is 32.2. The molecule has 0 radical (unpaired) electrons. The van der Waals surface area contributed by atoms with Gasteiger partial charge in [-0.15, -0.1) is 0 Å². The first-order valence-electron chi connectivity index (χ1n) is 5.90. The third-order valence-electron chi connectivity index (χ3n) is 2.87. The van der Waals surface area contributed by atoms with E-state index in [9.17, 15) is 13.2 Å². The number of carboxylic acids is 1. The first-order valence-corrected chi connectivity index (χ1v) is 6.98. The highest BCUT2D eigenvalue weighted by Gasteiger charge is 2.12. The summed E-state index contributed by atoms with van der Waals surface area (Å²) in [5.41, 5.74) is 2.69. The second-order valence-corrected chi connectivity index (χ2v) is 5.16. The standard InChI is InChI=1S/C15H12O4S/c16-15(17)14(20(18)19)10-11-6-8-13(9-7-11)12-4-2-1-3-5-12/h1-9H,10H2,(H,16,17). The molecule has 2 aromatic rings. The van der Waals surface area contributed by atoms with Crippen molar-refractivity contribution in [1.29, 1.82) is 0 Å². The molecule has 0 bridgehead atoms. The lowest BCUT2D eigenvalue weighted by Crippen LogP contribution is -2.16. The summed E-state index contributed by atoms with van der Waals surface area (Å²) in [5.74, 6) is -1.41. The van der Waals surface area contributed by atoms with Crippen molar-refractivity contribution in [1.82, 2.24) is 0 Å². The van der Waals surface area contributed by atoms with Crippen molar-refractivity contribution >= 4 is 21.1 Å². The molecule has 0 aliphatic heterocycles. The van der Waals surface area contributed by atoms with Crippen LogP contribution in [0.2, 0.25) is 0 Å². The number of carbonyl (C=O) groups is 1. The molecule has 0 spiro atoms. The van der Waals surface area contributed by atoms with Crippen LogP contribution in [-0.2, 0) is 21.5 Å². The van der Waals surface area contributed by atoms with Crippen LogP contribution in [0.25, 0.3) is 11.1 Å². The van der Waals surface area contributed by atoms with Gasteiger partial charge in [0.15, 0.2) is 4.86 Å². The SMILES string of the molecule is O=C(O)C(Cc1ccc(-c2ccccc2)cc1)=S(=O)=O. The Morgan fingerprint density at radius 3 is 1.95 bits per heavy atom. The van der Waals surface area contributed by atoms with Gasteiger partial charge in [0, 0.05) is 6.42 Å². The number of rotatable bonds is 4. The first-order chi connectivity index (χ1) is 9.58. The molecule has 2 aromatic carbocycles. The normalized spacial score (nSPS) is 10.0. The number of hydrogen-bond donors (Lipinski definition) is 1. The van der Waals surface area contributed by atoms with Gasteiger partial charge in [-0.3, -0.25) is 0 Å². The maximum Gasteiger partial charge on any atom is 0.347 e. The molecule has 2 rings (SSSR count). The highest BCUT2D eigenvalue weighted by molar-refractivity contribution is 7.74. The number of benzene rings is 2. The quantitative estimate of drug-likeness (QED) is 0.874. The monoisotopic (exact) mass is 288 g/mol. The molecule has 0 saturated carbocycles. The fraction of sp³-hybridized carbons (Fsp3) is 0.0667. The molecular formula is C15H12O4S. The van der Waals surface area contributed by atoms with Gasteiger partial charge in [-0.1, -0.05) is 54.6 Å². The van der Waals surface area contributed by atoms with Crippen LogP contribution >= 0.6 is 0 Å². The third kappa shape index (κ3) is 3.33. The molecule has 0 fully saturated rings. The van der Waals surface area contributed by atoms with Gasteiger partial charge in [0.2, 0.25) is 10.3 Å². The summed E-state index contributed by atoms with van der Waals surface area (Å²) in [6.07, 6.45) is -0.111. The Morgan fingerprint density at radius 1 is 0.900 bits per heavy atom. The van der Waals surface area contributed by atoms with Gasteiger partial charge in [0.05, 0.1) is 0 Å². The van der Waals surface area contributed by atoms with E-state index in [1.165, 1.54) is 0 Å². The van der Waals surface area contributed by atoms with E-state index in [4.69, 9.17) is 5.11 Å². The Labute approximate surface area is 117 Å². The van der Waals surface area contributed by atoms with E-state index in [-0.39, 0.29) is 6.42 Å². The fourth-order valence-electron chi connectivity index (χ4n) is 1.84. The van der Waals surface area contributed by atoms with E-state index in [1.807, 2.05) is 42.5 Å². The zero-order valence-electron chi connectivity index (χ0n) is 10.5. The Bertz CT molecular complexity index is 736. The maximum absolute atomic E-state index is 10.8. The average molecular weight is 288 g/mol. The topological polar surface area (TPSA) is 71.4 Å². The smallest absolute Gasteiger partial charge is 0.347 e. The van der Waals surface area contributed by atoms with Crippen molar-refractivity contribution in [3.63, 3.8) is 0 Å². The van der Waals surface area contributed by atoms with Crippen LogP contribution in [-0.4, -0.2) is 24.4 Å². The predicted octanol–water partition coefficient (Wildman–Crippen LogP) is 2.03. The molecule has 0 aliphatic rings. The Hall–Kier alpha value is -2.40. The lowest BCUT2D eigenvalue weighted by molar-refractivity contribution is -0.129. The molecule has 0 aromatic heterocycles. The second kappa shape index (κ2) is 6.16. The first kappa shape index (κ1) is 14.0. The summed E-state index contributed by atoms with van der Waals surface area (Å²) in [6.45, 7) is 0. The largest absolute Gasteiger partial charge is 0.477 e. The molecule has 0 saturated heterocycles. The van der Waals surface area contributed by atoms with E-state index >= 15 is 0 Å². The number of aliphatic carboxylic acids is 1. The highest BCUT2D eigenvalue weighted by Crippen LogP contribution is 2.19. The molecule has 20 heavy (non-hydrogen) atoms. The van der Waals surface area contributed by atoms with Crippen LogP contribution in [0.3, 0.4) is 0 Å². The molecule has 4 nitrogen and oxygen atoms in total. The number of carboxylic acid groups (broad SMARTS) is 1. The van der Waals surface area contributed by atoms with Crippen molar-refractivity contribution in [2.24, 2.45) is 0 Å². The van der Waals surface area contributed by atoms with Gasteiger partial charge < -0.3 is 5.11 Å². The molecule has 0 heterocycles. The molecule has 1 N–H and O–H groups in total. The van der Waals surface area contributed by atoms with Crippen molar-refractivity contribution in [2.75, 3.05) is 0 Å². The van der Waals surface area contributed by atoms with Crippen LogP contribution in [0, 0.1) is 0 Å². The van der Waals surface area contributed by atoms with E-state index < -0.39 is 21.1 Å². The van der Waals surface area contributed by atoms with E-state index in [2.05, 4.69) is 0 Å². The zero-order chi connectivity index (χ0) is 14.5. The van der Waals surface area contributed by atoms with Gasteiger partial charge in [-0.25, -0.2) is 4.79 Å². The van der Waals surface area contributed by atoms with Crippen molar-refractivity contribution in [3.05, 3.63) is 60.2 Å². The zero-order valence-corrected chi connectivity index (χ0v) is 11.3. The molecule has 0 aliphatic carbocycles. The lowest BCUT2D eigenvalue weighted by atomic mass is 10.0. The minimum absolute atomic E-state index is 0.111. The summed E-state index contributed by atoms with van der Waals surface area (Å²) in [7, 11) is -2.71. The summed E-state index contributed by atoms with van der Waals surface area (Å²) < 4.78 is 21.6. The molecule has 102 valence electrons. The Morgan fingerprint density at radius 2 is 1.45 bits per heavy atom. The van der Waals surface area contributed by atoms with Crippen LogP contribution in [0.4, 0.5) is 0 Å². The molecule has 0 amide bonds. The summed E-state index contributed by atoms with van der Waals surface area (Å²) in [6, 6.07) is 16.9. The fourth-order valence-corrected chi connectivity index (χ4v) is 2.26. The number of hydrogen-bond acceptors (Lipinski definition) is 3. The van der Waals surface area contributed by atoms with Crippen LogP contribution < -0.4 is 0 Å². The second-order valence-electron chi connectivity index (χ2n) is 4.20. The minimum Gasteiger partial charge on any atom is -0.477 e. The molecule has 0 unspecified atom stereocenters. The molecular weight excluding hydrogens is 276 g/mol. The average Bonchev–Trinajstić information content (AvgIpc) is 2.45. The van der Waals surface area contributed by atoms with E-state index in [0.29, 0.717) is 5.56 Å². The van der Waals surface area contributed by atoms with Crippen LogP contribution in [0.5, 0.6) is 0 Å². The van der Waals surface area contributed by atoms with Gasteiger partial charge in [-0.05, 0) is 16.7 Å². The van der Waals surface area contributed by atoms with Crippen molar-refractivity contribution in [3.8, 4) is 11.1 Å². The van der Waals surface area contributed by atoms with Gasteiger partial charge in [0.1, 0.15) is 0 Å². The van der Waals surface area contributed by atoms with Crippen molar-refractivity contribution in [2.45, 2.75) is 6.42 Å². The summed E-state index contributed by atoms with van der Waals surface area (Å²) >= 11 is 0. The molecule has 5 heteroatoms. The predicted molar refractivity (Wildman–Crippen MR) is 77.1 cm³/mol. The van der Waals surface area contributed by atoms with Crippen LogP contribution in [0.15, 0.2) is 54.6 Å². The van der Waals surface area contributed by atoms with Gasteiger partial charge in [0.25, 0.3) is 0 Å². The molecule has 0 atom stereocenters. The van der Waals surface area contributed by atoms with Crippen LogP contribution in [0.1, 0.15) is 5.56 Å². The summed E-state index contributed by atoms with van der Waals surface area (Å²) in [4.78, 5) is 10.3. The summed E-state index contributed by atoms with van der Waals surface area (Å²) in [5, 5.41) is 8.81. The lowest BCUT2D eigenvalue weighted by Gasteiger charge is -2.03. The Kier molecular flexibility index (Phi) is 4.32.